The molecule has 7 nitrogen and oxygen atoms in total. The maximum Gasteiger partial charge on any atom is 0.319 e. The summed E-state index contributed by atoms with van der Waals surface area (Å²) in [5.74, 6) is 0. The molecule has 0 aromatic carbocycles. The van der Waals surface area contributed by atoms with Gasteiger partial charge >= 0.3 is 6.03 Å². The number of carbonyl (C=O) groups is 1. The third-order valence-corrected chi connectivity index (χ3v) is 5.55. The molecule has 0 bridgehead atoms. The topological polar surface area (TPSA) is 91.4 Å². The molecule has 1 aromatic rings. The fourth-order valence-electron chi connectivity index (χ4n) is 3.42. The van der Waals surface area contributed by atoms with Crippen molar-refractivity contribution in [1.29, 1.82) is 0 Å². The highest BCUT2D eigenvalue weighted by atomic mass is 32.2. The molecule has 2 atom stereocenters. The van der Waals surface area contributed by atoms with Crippen LogP contribution < -0.4 is 10.6 Å². The minimum Gasteiger partial charge on any atom is -0.334 e. The minimum atomic E-state index is -3.32. The standard InChI is InChI=1S/C15H22N4O3S/c1-23(21,22)14-6-5-11(10-16-14)17-15(20)18-12-7-9-19-8-3-2-4-13(12)19/h5-6,10,12-13H,2-4,7-9H2,1H3,(H2,17,18,20)/t12-,13-/m1/s1. The molecule has 0 saturated carbocycles. The Morgan fingerprint density at radius 1 is 1.26 bits per heavy atom. The maximum atomic E-state index is 12.1. The van der Waals surface area contributed by atoms with E-state index >= 15 is 0 Å². The Hall–Kier alpha value is -1.67. The molecule has 2 fully saturated rings. The van der Waals surface area contributed by atoms with Crippen LogP contribution >= 0.6 is 0 Å². The molecule has 2 saturated heterocycles. The first kappa shape index (κ1) is 16.2. The molecule has 8 heteroatoms. The lowest BCUT2D eigenvalue weighted by atomic mass is 9.99. The van der Waals surface area contributed by atoms with Crippen LogP contribution in [0.15, 0.2) is 23.4 Å². The first-order chi connectivity index (χ1) is 10.9. The second-order valence-electron chi connectivity index (χ2n) is 6.25. The van der Waals surface area contributed by atoms with Crippen molar-refractivity contribution < 1.29 is 13.2 Å². The lowest BCUT2D eigenvalue weighted by Crippen LogP contribution is -2.47. The first-order valence-electron chi connectivity index (χ1n) is 7.91. The van der Waals surface area contributed by atoms with E-state index in [2.05, 4.69) is 20.5 Å². The smallest absolute Gasteiger partial charge is 0.319 e. The van der Waals surface area contributed by atoms with Crippen molar-refractivity contribution in [2.45, 2.75) is 42.8 Å². The maximum absolute atomic E-state index is 12.1. The lowest BCUT2D eigenvalue weighted by Gasteiger charge is -2.32. The van der Waals surface area contributed by atoms with Crippen molar-refractivity contribution in [2.75, 3.05) is 24.7 Å². The number of piperidine rings is 1. The van der Waals surface area contributed by atoms with Gasteiger partial charge in [0.25, 0.3) is 0 Å². The van der Waals surface area contributed by atoms with E-state index in [1.807, 2.05) is 0 Å². The zero-order valence-electron chi connectivity index (χ0n) is 13.2. The summed E-state index contributed by atoms with van der Waals surface area (Å²) < 4.78 is 22.7. The van der Waals surface area contributed by atoms with Crippen LogP contribution in [-0.2, 0) is 9.84 Å². The Bertz CT molecular complexity index is 674. The van der Waals surface area contributed by atoms with Gasteiger partial charge in [0, 0.05) is 24.9 Å². The Balaban J connectivity index is 1.57. The van der Waals surface area contributed by atoms with E-state index in [-0.39, 0.29) is 17.1 Å². The highest BCUT2D eigenvalue weighted by Crippen LogP contribution is 2.27. The molecule has 2 N–H and O–H groups in total. The van der Waals surface area contributed by atoms with Crippen LogP contribution in [0.25, 0.3) is 0 Å². The molecular formula is C15H22N4O3S. The van der Waals surface area contributed by atoms with Gasteiger partial charge in [-0.3, -0.25) is 4.90 Å². The Morgan fingerprint density at radius 3 is 2.78 bits per heavy atom. The highest BCUT2D eigenvalue weighted by Gasteiger charge is 2.36. The Kier molecular flexibility index (Phi) is 4.54. The molecule has 126 valence electrons. The van der Waals surface area contributed by atoms with Crippen LogP contribution in [0.5, 0.6) is 0 Å². The summed E-state index contributed by atoms with van der Waals surface area (Å²) in [5, 5.41) is 5.75. The number of aromatic nitrogens is 1. The van der Waals surface area contributed by atoms with Crippen LogP contribution in [0.3, 0.4) is 0 Å². The number of rotatable bonds is 3. The lowest BCUT2D eigenvalue weighted by molar-refractivity contribution is 0.180. The number of anilines is 1. The number of hydrogen-bond donors (Lipinski definition) is 2. The van der Waals surface area contributed by atoms with E-state index in [0.717, 1.165) is 32.2 Å². The van der Waals surface area contributed by atoms with E-state index < -0.39 is 9.84 Å². The summed E-state index contributed by atoms with van der Waals surface area (Å²) in [6.07, 6.45) is 7.03. The quantitative estimate of drug-likeness (QED) is 0.865. The molecule has 1 aromatic heterocycles. The Morgan fingerprint density at radius 2 is 2.09 bits per heavy atom. The van der Waals surface area contributed by atoms with Gasteiger partial charge in [-0.2, -0.15) is 0 Å². The van der Waals surface area contributed by atoms with Crippen LogP contribution in [0, 0.1) is 0 Å². The SMILES string of the molecule is CS(=O)(=O)c1ccc(NC(=O)N[C@@H]2CCN3CCCC[C@H]23)cn1. The van der Waals surface area contributed by atoms with Crippen LogP contribution in [0.1, 0.15) is 25.7 Å². The third-order valence-electron chi connectivity index (χ3n) is 4.55. The van der Waals surface area contributed by atoms with Crippen molar-refractivity contribution in [3.05, 3.63) is 18.3 Å². The summed E-state index contributed by atoms with van der Waals surface area (Å²) in [6, 6.07) is 3.29. The van der Waals surface area contributed by atoms with Crippen molar-refractivity contribution in [3.8, 4) is 0 Å². The number of nitrogens with zero attached hydrogens (tertiary/aromatic N) is 2. The second-order valence-corrected chi connectivity index (χ2v) is 8.21. The number of pyridine rings is 1. The molecular weight excluding hydrogens is 316 g/mol. The summed E-state index contributed by atoms with van der Waals surface area (Å²) in [6.45, 7) is 2.17. The Labute approximate surface area is 136 Å². The monoisotopic (exact) mass is 338 g/mol. The van der Waals surface area contributed by atoms with Gasteiger partial charge in [-0.05, 0) is 37.9 Å². The van der Waals surface area contributed by atoms with Gasteiger partial charge in [-0.15, -0.1) is 0 Å². The van der Waals surface area contributed by atoms with E-state index in [0.29, 0.717) is 11.7 Å². The van der Waals surface area contributed by atoms with Gasteiger partial charge in [0.05, 0.1) is 11.9 Å². The first-order valence-corrected chi connectivity index (χ1v) is 9.80. The minimum absolute atomic E-state index is 0.00269. The van der Waals surface area contributed by atoms with Gasteiger partial charge in [-0.1, -0.05) is 6.42 Å². The van der Waals surface area contributed by atoms with Crippen molar-refractivity contribution in [1.82, 2.24) is 15.2 Å². The summed E-state index contributed by atoms with van der Waals surface area (Å²) >= 11 is 0. The molecule has 0 aliphatic carbocycles. The van der Waals surface area contributed by atoms with Crippen molar-refractivity contribution in [2.24, 2.45) is 0 Å². The molecule has 2 aliphatic rings. The average molecular weight is 338 g/mol. The predicted octanol–water partition coefficient (Wildman–Crippen LogP) is 1.23. The largest absolute Gasteiger partial charge is 0.334 e. The molecule has 3 rings (SSSR count). The highest BCUT2D eigenvalue weighted by molar-refractivity contribution is 7.90. The van der Waals surface area contributed by atoms with Gasteiger partial charge in [-0.25, -0.2) is 18.2 Å². The third kappa shape index (κ3) is 3.81. The van der Waals surface area contributed by atoms with Gasteiger partial charge in [0.1, 0.15) is 0 Å². The summed E-state index contributed by atoms with van der Waals surface area (Å²) in [5.41, 5.74) is 0.480. The number of amides is 2. The summed E-state index contributed by atoms with van der Waals surface area (Å²) in [7, 11) is -3.32. The fourth-order valence-corrected chi connectivity index (χ4v) is 3.98. The van der Waals surface area contributed by atoms with Gasteiger partial charge in [0.15, 0.2) is 14.9 Å². The molecule has 3 heterocycles. The number of nitrogens with one attached hydrogen (secondary N) is 2. The van der Waals surface area contributed by atoms with Crippen LogP contribution in [-0.4, -0.2) is 55.8 Å². The normalized spacial score (nSPS) is 24.9. The molecule has 23 heavy (non-hydrogen) atoms. The van der Waals surface area contributed by atoms with Crippen molar-refractivity contribution >= 4 is 21.6 Å². The van der Waals surface area contributed by atoms with E-state index in [9.17, 15) is 13.2 Å². The van der Waals surface area contributed by atoms with Crippen molar-refractivity contribution in [3.63, 3.8) is 0 Å². The van der Waals surface area contributed by atoms with E-state index in [4.69, 9.17) is 0 Å². The molecule has 0 unspecified atom stereocenters. The molecule has 0 spiro atoms. The van der Waals surface area contributed by atoms with Crippen LogP contribution in [0.4, 0.5) is 10.5 Å². The number of sulfone groups is 1. The van der Waals surface area contributed by atoms with Gasteiger partial charge in [0.2, 0.25) is 0 Å². The molecule has 0 radical (unpaired) electrons. The van der Waals surface area contributed by atoms with Crippen LogP contribution in [0.2, 0.25) is 0 Å². The zero-order chi connectivity index (χ0) is 16.4. The number of carbonyl (C=O) groups excluding carboxylic acids is 1. The fraction of sp³-hybridized carbons (Fsp3) is 0.600. The van der Waals surface area contributed by atoms with Gasteiger partial charge < -0.3 is 10.6 Å². The zero-order valence-corrected chi connectivity index (χ0v) is 14.0. The predicted molar refractivity (Wildman–Crippen MR) is 87.1 cm³/mol. The molecule has 2 amide bonds. The van der Waals surface area contributed by atoms with E-state index in [1.54, 1.807) is 6.07 Å². The molecule has 2 aliphatic heterocycles. The number of hydrogen-bond acceptors (Lipinski definition) is 5. The average Bonchev–Trinajstić information content (AvgIpc) is 2.90. The second kappa shape index (κ2) is 6.45. The summed E-state index contributed by atoms with van der Waals surface area (Å²) in [4.78, 5) is 18.5. The number of fused-ring (bicyclic) bond motifs is 1. The van der Waals surface area contributed by atoms with E-state index in [1.165, 1.54) is 25.1 Å². The number of urea groups is 1.